The summed E-state index contributed by atoms with van der Waals surface area (Å²) in [6.45, 7) is 3.27. The summed E-state index contributed by atoms with van der Waals surface area (Å²) in [5, 5.41) is 5.93. The van der Waals surface area contributed by atoms with Gasteiger partial charge in [0.25, 0.3) is 5.91 Å². The molecule has 0 saturated carbocycles. The van der Waals surface area contributed by atoms with Crippen LogP contribution >= 0.6 is 0 Å². The summed E-state index contributed by atoms with van der Waals surface area (Å²) in [7, 11) is 1.67. The van der Waals surface area contributed by atoms with Gasteiger partial charge in [-0.15, -0.1) is 0 Å². The smallest absolute Gasteiger partial charge is 0.416 e. The summed E-state index contributed by atoms with van der Waals surface area (Å²) >= 11 is 0. The first kappa shape index (κ1) is 21.5. The molecule has 0 spiro atoms. The molecule has 2 N–H and O–H groups in total. The second kappa shape index (κ2) is 9.55. The van der Waals surface area contributed by atoms with Gasteiger partial charge in [-0.1, -0.05) is 6.07 Å². The molecule has 2 heterocycles. The Kier molecular flexibility index (Phi) is 6.86. The van der Waals surface area contributed by atoms with Gasteiger partial charge in [-0.25, -0.2) is 0 Å². The number of carbonyl (C=O) groups is 1. The Labute approximate surface area is 172 Å². The Morgan fingerprint density at radius 3 is 2.47 bits per heavy atom. The van der Waals surface area contributed by atoms with Gasteiger partial charge in [-0.2, -0.15) is 13.2 Å². The van der Waals surface area contributed by atoms with Crippen molar-refractivity contribution < 1.29 is 22.4 Å². The molecular weight excluding hydrogens is 399 g/mol. The van der Waals surface area contributed by atoms with Crippen molar-refractivity contribution in [1.82, 2.24) is 15.5 Å². The monoisotopic (exact) mass is 423 g/mol. The number of alkyl halides is 3. The zero-order valence-electron chi connectivity index (χ0n) is 16.6. The standard InChI is InChI=1S/C20H24F3N5O2/c1-24-19(26-8-7-25-18(29)17-6-3-13-30-17)28-11-9-27(10-12-28)16-5-2-4-15(14-16)20(21,22)23/h2-6,13-14H,7-12H2,1H3,(H,24,26)(H,25,29). The van der Waals surface area contributed by atoms with Crippen LogP contribution in [0.3, 0.4) is 0 Å². The molecule has 1 aromatic carbocycles. The quantitative estimate of drug-likeness (QED) is 0.439. The van der Waals surface area contributed by atoms with Crippen LogP contribution in [0.2, 0.25) is 0 Å². The minimum absolute atomic E-state index is 0.255. The zero-order chi connectivity index (χ0) is 21.6. The van der Waals surface area contributed by atoms with E-state index in [1.54, 1.807) is 25.2 Å². The van der Waals surface area contributed by atoms with Gasteiger partial charge in [0.2, 0.25) is 0 Å². The van der Waals surface area contributed by atoms with Crippen LogP contribution in [0.4, 0.5) is 18.9 Å². The number of anilines is 1. The lowest BCUT2D eigenvalue weighted by molar-refractivity contribution is -0.137. The van der Waals surface area contributed by atoms with Crippen LogP contribution in [0.15, 0.2) is 52.1 Å². The van der Waals surface area contributed by atoms with E-state index >= 15 is 0 Å². The molecule has 1 aliphatic heterocycles. The highest BCUT2D eigenvalue weighted by Gasteiger charge is 2.31. The van der Waals surface area contributed by atoms with Crippen molar-refractivity contribution in [1.29, 1.82) is 0 Å². The van der Waals surface area contributed by atoms with E-state index < -0.39 is 11.7 Å². The van der Waals surface area contributed by atoms with E-state index in [0.717, 1.165) is 6.07 Å². The molecule has 10 heteroatoms. The molecule has 0 aliphatic carbocycles. The number of piperazine rings is 1. The van der Waals surface area contributed by atoms with Crippen molar-refractivity contribution in [2.75, 3.05) is 51.2 Å². The number of guanidine groups is 1. The minimum atomic E-state index is -4.35. The van der Waals surface area contributed by atoms with Crippen LogP contribution in [0.5, 0.6) is 0 Å². The van der Waals surface area contributed by atoms with Gasteiger partial charge in [0.15, 0.2) is 11.7 Å². The van der Waals surface area contributed by atoms with Gasteiger partial charge in [0.1, 0.15) is 0 Å². The number of amides is 1. The van der Waals surface area contributed by atoms with Gasteiger partial charge in [0, 0.05) is 52.0 Å². The number of hydrogen-bond acceptors (Lipinski definition) is 4. The Morgan fingerprint density at radius 2 is 1.83 bits per heavy atom. The number of nitrogens with zero attached hydrogens (tertiary/aromatic N) is 3. The molecule has 0 unspecified atom stereocenters. The van der Waals surface area contributed by atoms with Crippen molar-refractivity contribution in [3.05, 3.63) is 54.0 Å². The Balaban J connectivity index is 1.46. The van der Waals surface area contributed by atoms with Crippen molar-refractivity contribution >= 4 is 17.6 Å². The first-order chi connectivity index (χ1) is 14.4. The van der Waals surface area contributed by atoms with Crippen LogP contribution in [-0.2, 0) is 6.18 Å². The number of carbonyl (C=O) groups excluding carboxylic acids is 1. The fourth-order valence-electron chi connectivity index (χ4n) is 3.23. The number of furan rings is 1. The van der Waals surface area contributed by atoms with E-state index in [9.17, 15) is 18.0 Å². The molecule has 1 aromatic heterocycles. The Bertz CT molecular complexity index is 860. The molecular formula is C20H24F3N5O2. The predicted octanol–water partition coefficient (Wildman–Crippen LogP) is 2.43. The second-order valence-electron chi connectivity index (χ2n) is 6.73. The molecule has 162 valence electrons. The summed E-state index contributed by atoms with van der Waals surface area (Å²) in [4.78, 5) is 20.1. The summed E-state index contributed by atoms with van der Waals surface area (Å²) in [6.07, 6.45) is -2.91. The van der Waals surface area contributed by atoms with E-state index in [1.807, 2.05) is 9.80 Å². The van der Waals surface area contributed by atoms with Crippen molar-refractivity contribution in [3.8, 4) is 0 Å². The topological polar surface area (TPSA) is 73.1 Å². The third kappa shape index (κ3) is 5.46. The van der Waals surface area contributed by atoms with Gasteiger partial charge in [-0.3, -0.25) is 9.79 Å². The molecule has 2 aromatic rings. The highest BCUT2D eigenvalue weighted by molar-refractivity contribution is 5.91. The van der Waals surface area contributed by atoms with Gasteiger partial charge in [-0.05, 0) is 30.3 Å². The third-order valence-corrected chi connectivity index (χ3v) is 4.77. The molecule has 1 aliphatic rings. The summed E-state index contributed by atoms with van der Waals surface area (Å²) in [5.41, 5.74) is -0.0791. The Hall–Kier alpha value is -3.17. The van der Waals surface area contributed by atoms with E-state index in [4.69, 9.17) is 4.42 Å². The highest BCUT2D eigenvalue weighted by Crippen LogP contribution is 2.31. The molecule has 1 saturated heterocycles. The average molecular weight is 423 g/mol. The molecule has 1 amide bonds. The number of aliphatic imine (C=N–C) groups is 1. The lowest BCUT2D eigenvalue weighted by Gasteiger charge is -2.37. The molecule has 0 bridgehead atoms. The number of benzene rings is 1. The third-order valence-electron chi connectivity index (χ3n) is 4.77. The van der Waals surface area contributed by atoms with Crippen LogP contribution in [-0.4, -0.2) is 63.1 Å². The molecule has 1 fully saturated rings. The molecule has 7 nitrogen and oxygen atoms in total. The maximum atomic E-state index is 12.9. The SMILES string of the molecule is CN=C(NCCNC(=O)c1ccco1)N1CCN(c2cccc(C(F)(F)F)c2)CC1. The molecule has 30 heavy (non-hydrogen) atoms. The van der Waals surface area contributed by atoms with E-state index in [0.29, 0.717) is 50.9 Å². The number of nitrogens with one attached hydrogen (secondary N) is 2. The molecule has 0 atom stereocenters. The van der Waals surface area contributed by atoms with E-state index in [-0.39, 0.29) is 11.7 Å². The van der Waals surface area contributed by atoms with Crippen LogP contribution in [0.25, 0.3) is 0 Å². The van der Waals surface area contributed by atoms with Gasteiger partial charge < -0.3 is 24.9 Å². The van der Waals surface area contributed by atoms with E-state index in [2.05, 4.69) is 15.6 Å². The van der Waals surface area contributed by atoms with Crippen molar-refractivity contribution in [3.63, 3.8) is 0 Å². The summed E-state index contributed by atoms with van der Waals surface area (Å²) in [6, 6.07) is 8.63. The van der Waals surface area contributed by atoms with Gasteiger partial charge >= 0.3 is 6.18 Å². The van der Waals surface area contributed by atoms with Crippen molar-refractivity contribution in [2.24, 2.45) is 4.99 Å². The largest absolute Gasteiger partial charge is 0.459 e. The maximum absolute atomic E-state index is 12.9. The van der Waals surface area contributed by atoms with E-state index in [1.165, 1.54) is 18.4 Å². The lowest BCUT2D eigenvalue weighted by Crippen LogP contribution is -2.53. The first-order valence-corrected chi connectivity index (χ1v) is 9.58. The number of rotatable bonds is 5. The maximum Gasteiger partial charge on any atom is 0.416 e. The second-order valence-corrected chi connectivity index (χ2v) is 6.73. The normalized spacial score (nSPS) is 15.3. The average Bonchev–Trinajstić information content (AvgIpc) is 3.28. The number of hydrogen-bond donors (Lipinski definition) is 2. The zero-order valence-corrected chi connectivity index (χ0v) is 16.6. The van der Waals surface area contributed by atoms with Crippen LogP contribution in [0.1, 0.15) is 16.1 Å². The molecule has 3 rings (SSSR count). The minimum Gasteiger partial charge on any atom is -0.459 e. The summed E-state index contributed by atoms with van der Waals surface area (Å²) < 4.78 is 43.9. The van der Waals surface area contributed by atoms with Crippen molar-refractivity contribution in [2.45, 2.75) is 6.18 Å². The summed E-state index contributed by atoms with van der Waals surface area (Å²) in [5.74, 6) is 0.655. The Morgan fingerprint density at radius 1 is 1.10 bits per heavy atom. The van der Waals surface area contributed by atoms with Gasteiger partial charge in [0.05, 0.1) is 11.8 Å². The molecule has 0 radical (unpaired) electrons. The first-order valence-electron chi connectivity index (χ1n) is 9.58. The van der Waals surface area contributed by atoms with Crippen LogP contribution in [0, 0.1) is 0 Å². The number of halogens is 3. The fourth-order valence-corrected chi connectivity index (χ4v) is 3.23. The predicted molar refractivity (Wildman–Crippen MR) is 108 cm³/mol. The fraction of sp³-hybridized carbons (Fsp3) is 0.400. The highest BCUT2D eigenvalue weighted by atomic mass is 19.4. The lowest BCUT2D eigenvalue weighted by atomic mass is 10.1. The van der Waals surface area contributed by atoms with Crippen LogP contribution < -0.4 is 15.5 Å².